The van der Waals surface area contributed by atoms with Crippen molar-refractivity contribution in [3.63, 3.8) is 0 Å². The van der Waals surface area contributed by atoms with E-state index in [0.29, 0.717) is 5.92 Å². The lowest BCUT2D eigenvalue weighted by Gasteiger charge is -2.32. The lowest BCUT2D eigenvalue weighted by molar-refractivity contribution is -0.137. The van der Waals surface area contributed by atoms with Gasteiger partial charge in [-0.15, -0.1) is 0 Å². The Kier molecular flexibility index (Phi) is 6.84. The summed E-state index contributed by atoms with van der Waals surface area (Å²) in [6.07, 6.45) is -2.27. The van der Waals surface area contributed by atoms with Gasteiger partial charge in [0.2, 0.25) is 5.91 Å². The molecule has 0 radical (unpaired) electrons. The molecule has 1 unspecified atom stereocenters. The number of rotatable bonds is 6. The lowest BCUT2D eigenvalue weighted by Crippen LogP contribution is -2.44. The highest BCUT2D eigenvalue weighted by atomic mass is 19.4. The molecule has 0 spiro atoms. The molecule has 1 heterocycles. The lowest BCUT2D eigenvalue weighted by atomic mass is 9.98. The smallest absolute Gasteiger partial charge is 0.324 e. The number of hydrogen-bond acceptors (Lipinski definition) is 3. The van der Waals surface area contributed by atoms with Crippen molar-refractivity contribution >= 4 is 11.6 Å². The fourth-order valence-electron chi connectivity index (χ4n) is 3.08. The van der Waals surface area contributed by atoms with Gasteiger partial charge in [-0.3, -0.25) is 9.69 Å². The average Bonchev–Trinajstić information content (AvgIpc) is 2.54. The van der Waals surface area contributed by atoms with E-state index in [-0.39, 0.29) is 18.3 Å². The van der Waals surface area contributed by atoms with Gasteiger partial charge in [-0.1, -0.05) is 12.1 Å². The Morgan fingerprint density at radius 1 is 1.36 bits per heavy atom. The van der Waals surface area contributed by atoms with Crippen molar-refractivity contribution in [1.29, 1.82) is 0 Å². The van der Waals surface area contributed by atoms with Crippen LogP contribution in [0.25, 0.3) is 0 Å². The molecule has 140 valence electrons. The number of amides is 1. The van der Waals surface area contributed by atoms with E-state index in [2.05, 4.69) is 10.6 Å². The van der Waals surface area contributed by atoms with Gasteiger partial charge in [-0.25, -0.2) is 0 Å². The Labute approximate surface area is 146 Å². The van der Waals surface area contributed by atoms with Crippen LogP contribution in [-0.4, -0.2) is 43.0 Å². The Bertz CT molecular complexity index is 569. The molecule has 0 aliphatic carbocycles. The van der Waals surface area contributed by atoms with E-state index in [1.54, 1.807) is 0 Å². The minimum Gasteiger partial charge on any atom is -0.324 e. The van der Waals surface area contributed by atoms with Crippen molar-refractivity contribution in [2.75, 3.05) is 31.5 Å². The van der Waals surface area contributed by atoms with Crippen LogP contribution >= 0.6 is 0 Å². The van der Waals surface area contributed by atoms with E-state index < -0.39 is 17.6 Å². The molecule has 2 N–H and O–H groups in total. The highest BCUT2D eigenvalue weighted by Gasteiger charge is 2.33. The van der Waals surface area contributed by atoms with Gasteiger partial charge in [0.15, 0.2) is 0 Å². The number of piperidine rings is 1. The highest BCUT2D eigenvalue weighted by molar-refractivity contribution is 5.93. The number of anilines is 1. The number of nitrogens with one attached hydrogen (secondary N) is 2. The molecule has 1 aliphatic rings. The van der Waals surface area contributed by atoms with E-state index in [1.807, 2.05) is 18.7 Å². The van der Waals surface area contributed by atoms with Crippen molar-refractivity contribution in [1.82, 2.24) is 10.2 Å². The topological polar surface area (TPSA) is 44.4 Å². The number of halogens is 3. The molecule has 1 amide bonds. The van der Waals surface area contributed by atoms with Crippen LogP contribution in [0.4, 0.5) is 18.9 Å². The van der Waals surface area contributed by atoms with Crippen LogP contribution in [0.15, 0.2) is 24.3 Å². The van der Waals surface area contributed by atoms with Gasteiger partial charge in [0.1, 0.15) is 0 Å². The molecule has 0 saturated carbocycles. The largest absolute Gasteiger partial charge is 0.418 e. The third kappa shape index (κ3) is 6.01. The van der Waals surface area contributed by atoms with E-state index >= 15 is 0 Å². The van der Waals surface area contributed by atoms with Crippen molar-refractivity contribution in [2.24, 2.45) is 5.92 Å². The van der Waals surface area contributed by atoms with Crippen LogP contribution in [-0.2, 0) is 11.0 Å². The number of alkyl halides is 3. The molecule has 4 nitrogen and oxygen atoms in total. The molecular formula is C18H26F3N3O. The number of benzene rings is 1. The summed E-state index contributed by atoms with van der Waals surface area (Å²) in [6, 6.07) is 5.20. The number of hydrogen-bond donors (Lipinski definition) is 2. The number of nitrogens with zero attached hydrogens (tertiary/aromatic N) is 1. The molecule has 1 atom stereocenters. The Morgan fingerprint density at radius 3 is 2.68 bits per heavy atom. The molecule has 25 heavy (non-hydrogen) atoms. The third-order valence-corrected chi connectivity index (χ3v) is 4.48. The number of carbonyl (C=O) groups is 1. The van der Waals surface area contributed by atoms with Gasteiger partial charge in [0.25, 0.3) is 0 Å². The zero-order chi connectivity index (χ0) is 18.4. The second-order valence-corrected chi connectivity index (χ2v) is 6.83. The Balaban J connectivity index is 1.99. The van der Waals surface area contributed by atoms with Gasteiger partial charge in [0, 0.05) is 12.6 Å². The molecule has 1 aromatic carbocycles. The average molecular weight is 357 g/mol. The van der Waals surface area contributed by atoms with Crippen molar-refractivity contribution < 1.29 is 18.0 Å². The minimum atomic E-state index is -4.49. The van der Waals surface area contributed by atoms with Crippen LogP contribution in [0.5, 0.6) is 0 Å². The minimum absolute atomic E-state index is 0.0837. The summed E-state index contributed by atoms with van der Waals surface area (Å²) in [4.78, 5) is 14.3. The molecule has 1 saturated heterocycles. The summed E-state index contributed by atoms with van der Waals surface area (Å²) < 4.78 is 39.1. The number of para-hydroxylation sites is 1. The van der Waals surface area contributed by atoms with Crippen LogP contribution in [0.2, 0.25) is 0 Å². The summed E-state index contributed by atoms with van der Waals surface area (Å²) in [5.74, 6) is 0.0422. The predicted octanol–water partition coefficient (Wildman–Crippen LogP) is 3.35. The molecule has 0 aromatic heterocycles. The monoisotopic (exact) mass is 357 g/mol. The maximum atomic E-state index is 13.0. The quantitative estimate of drug-likeness (QED) is 0.821. The van der Waals surface area contributed by atoms with Gasteiger partial charge in [-0.2, -0.15) is 13.2 Å². The summed E-state index contributed by atoms with van der Waals surface area (Å²) in [5.41, 5.74) is -1.01. The zero-order valence-electron chi connectivity index (χ0n) is 14.7. The molecule has 0 bridgehead atoms. The first-order valence-corrected chi connectivity index (χ1v) is 8.68. The fourth-order valence-corrected chi connectivity index (χ4v) is 3.08. The van der Waals surface area contributed by atoms with Gasteiger partial charge >= 0.3 is 6.18 Å². The van der Waals surface area contributed by atoms with E-state index in [1.165, 1.54) is 18.2 Å². The SMILES string of the molecule is CC(C)N(CC(=O)Nc1ccccc1C(F)(F)F)CC1CCCNC1. The standard InChI is InChI=1S/C18H26F3N3O/c1-13(2)24(11-14-6-5-9-22-10-14)12-17(25)23-16-8-4-3-7-15(16)18(19,20)21/h3-4,7-8,13-14,22H,5-6,9-12H2,1-2H3,(H,23,25). The van der Waals surface area contributed by atoms with Crippen molar-refractivity contribution in [3.05, 3.63) is 29.8 Å². The summed E-state index contributed by atoms with van der Waals surface area (Å²) >= 11 is 0. The van der Waals surface area contributed by atoms with E-state index in [9.17, 15) is 18.0 Å². The first kappa shape index (κ1) is 19.7. The summed E-state index contributed by atoms with van der Waals surface area (Å²) in [7, 11) is 0. The van der Waals surface area contributed by atoms with Gasteiger partial charge in [0.05, 0.1) is 17.8 Å². The van der Waals surface area contributed by atoms with Crippen LogP contribution in [0.1, 0.15) is 32.3 Å². The summed E-state index contributed by atoms with van der Waals surface area (Å²) in [6.45, 7) is 6.77. The summed E-state index contributed by atoms with van der Waals surface area (Å²) in [5, 5.41) is 5.77. The number of carbonyl (C=O) groups excluding carboxylic acids is 1. The van der Waals surface area contributed by atoms with E-state index in [0.717, 1.165) is 38.5 Å². The van der Waals surface area contributed by atoms with Gasteiger partial charge < -0.3 is 10.6 Å². The van der Waals surface area contributed by atoms with Crippen LogP contribution in [0, 0.1) is 5.92 Å². The molecule has 1 fully saturated rings. The molecular weight excluding hydrogens is 331 g/mol. The third-order valence-electron chi connectivity index (χ3n) is 4.48. The maximum Gasteiger partial charge on any atom is 0.418 e. The van der Waals surface area contributed by atoms with Crippen molar-refractivity contribution in [2.45, 2.75) is 38.9 Å². The van der Waals surface area contributed by atoms with Gasteiger partial charge in [-0.05, 0) is 57.8 Å². The second kappa shape index (κ2) is 8.67. The molecule has 1 aromatic rings. The predicted molar refractivity (Wildman–Crippen MR) is 92.4 cm³/mol. The first-order valence-electron chi connectivity index (χ1n) is 8.68. The second-order valence-electron chi connectivity index (χ2n) is 6.83. The maximum absolute atomic E-state index is 13.0. The van der Waals surface area contributed by atoms with Crippen molar-refractivity contribution in [3.8, 4) is 0 Å². The molecule has 7 heteroatoms. The molecule has 2 rings (SSSR count). The highest BCUT2D eigenvalue weighted by Crippen LogP contribution is 2.34. The van der Waals surface area contributed by atoms with Crippen LogP contribution in [0.3, 0.4) is 0 Å². The molecule has 1 aliphatic heterocycles. The Hall–Kier alpha value is -1.60. The van der Waals surface area contributed by atoms with Crippen LogP contribution < -0.4 is 10.6 Å². The first-order chi connectivity index (χ1) is 11.8. The zero-order valence-corrected chi connectivity index (χ0v) is 14.7. The van der Waals surface area contributed by atoms with E-state index in [4.69, 9.17) is 0 Å². The Morgan fingerprint density at radius 2 is 2.08 bits per heavy atom. The fraction of sp³-hybridized carbons (Fsp3) is 0.611. The normalized spacial score (nSPS) is 18.6.